The van der Waals surface area contributed by atoms with Crippen molar-refractivity contribution in [2.24, 2.45) is 5.92 Å². The highest BCUT2D eigenvalue weighted by Crippen LogP contribution is 2.23. The minimum absolute atomic E-state index is 0.00474. The summed E-state index contributed by atoms with van der Waals surface area (Å²) in [7, 11) is 0. The van der Waals surface area contributed by atoms with Gasteiger partial charge in [0.05, 0.1) is 12.6 Å². The quantitative estimate of drug-likeness (QED) is 0.891. The molecule has 0 aliphatic carbocycles. The first-order valence-electron chi connectivity index (χ1n) is 6.29. The van der Waals surface area contributed by atoms with Gasteiger partial charge in [0, 0.05) is 6.54 Å². The molecule has 4 nitrogen and oxygen atoms in total. The van der Waals surface area contributed by atoms with Crippen LogP contribution in [0.1, 0.15) is 18.9 Å². The number of rotatable bonds is 3. The van der Waals surface area contributed by atoms with E-state index in [1.54, 1.807) is 4.90 Å². The molecular formula is C14H19NO3. The van der Waals surface area contributed by atoms with E-state index in [9.17, 15) is 9.90 Å². The van der Waals surface area contributed by atoms with Crippen LogP contribution in [0.3, 0.4) is 0 Å². The molecule has 1 N–H and O–H groups in total. The summed E-state index contributed by atoms with van der Waals surface area (Å²) in [6, 6.07) is 9.50. The van der Waals surface area contributed by atoms with Crippen molar-refractivity contribution in [3.05, 3.63) is 35.9 Å². The van der Waals surface area contributed by atoms with Gasteiger partial charge in [-0.1, -0.05) is 37.3 Å². The Morgan fingerprint density at radius 2 is 2.17 bits per heavy atom. The first kappa shape index (κ1) is 12.9. The second-order valence-electron chi connectivity index (χ2n) is 4.87. The topological polar surface area (TPSA) is 49.8 Å². The van der Waals surface area contributed by atoms with Gasteiger partial charge in [-0.3, -0.25) is 0 Å². The standard InChI is InChI=1S/C14H19NO3/c1-11-7-13(9-16)15(8-11)14(17)18-10-12-5-3-2-4-6-12/h2-6,11,13,16H,7-10H2,1H3/t11-,13-/m0/s1. The predicted molar refractivity (Wildman–Crippen MR) is 68.0 cm³/mol. The zero-order valence-electron chi connectivity index (χ0n) is 10.6. The largest absolute Gasteiger partial charge is 0.445 e. The molecule has 1 amide bonds. The van der Waals surface area contributed by atoms with Crippen LogP contribution in [0.25, 0.3) is 0 Å². The Balaban J connectivity index is 1.88. The Bertz CT molecular complexity index is 393. The van der Waals surface area contributed by atoms with E-state index in [0.29, 0.717) is 12.5 Å². The maximum atomic E-state index is 11.9. The van der Waals surface area contributed by atoms with E-state index in [1.165, 1.54) is 0 Å². The number of hydrogen-bond donors (Lipinski definition) is 1. The van der Waals surface area contributed by atoms with Gasteiger partial charge in [0.15, 0.2) is 0 Å². The summed E-state index contributed by atoms with van der Waals surface area (Å²) < 4.78 is 5.27. The first-order chi connectivity index (χ1) is 8.70. The van der Waals surface area contributed by atoms with Crippen LogP contribution in [-0.2, 0) is 11.3 Å². The van der Waals surface area contributed by atoms with Crippen molar-refractivity contribution < 1.29 is 14.6 Å². The summed E-state index contributed by atoms with van der Waals surface area (Å²) in [5.41, 5.74) is 0.971. The maximum Gasteiger partial charge on any atom is 0.410 e. The van der Waals surface area contributed by atoms with Crippen molar-refractivity contribution in [1.82, 2.24) is 4.90 Å². The summed E-state index contributed by atoms with van der Waals surface area (Å²) in [4.78, 5) is 13.6. The van der Waals surface area contributed by atoms with Crippen LogP contribution in [-0.4, -0.2) is 35.3 Å². The van der Waals surface area contributed by atoms with E-state index in [4.69, 9.17) is 4.74 Å². The van der Waals surface area contributed by atoms with E-state index in [1.807, 2.05) is 30.3 Å². The molecule has 98 valence electrons. The van der Waals surface area contributed by atoms with Crippen LogP contribution >= 0.6 is 0 Å². The predicted octanol–water partition coefficient (Wildman–Crippen LogP) is 2.03. The Labute approximate surface area is 107 Å². The molecule has 2 rings (SSSR count). The van der Waals surface area contributed by atoms with Gasteiger partial charge in [0.1, 0.15) is 6.61 Å². The molecule has 1 aromatic rings. The molecule has 0 radical (unpaired) electrons. The van der Waals surface area contributed by atoms with E-state index in [-0.39, 0.29) is 25.3 Å². The van der Waals surface area contributed by atoms with Gasteiger partial charge in [0.2, 0.25) is 0 Å². The lowest BCUT2D eigenvalue weighted by molar-refractivity contribution is 0.0792. The zero-order valence-corrected chi connectivity index (χ0v) is 10.6. The summed E-state index contributed by atoms with van der Waals surface area (Å²) in [5, 5.41) is 9.24. The van der Waals surface area contributed by atoms with Crippen LogP contribution in [0, 0.1) is 5.92 Å². The fourth-order valence-electron chi connectivity index (χ4n) is 2.35. The molecule has 0 spiro atoms. The number of benzene rings is 1. The number of hydrogen-bond acceptors (Lipinski definition) is 3. The van der Waals surface area contributed by atoms with Gasteiger partial charge in [-0.15, -0.1) is 0 Å². The molecular weight excluding hydrogens is 230 g/mol. The second-order valence-corrected chi connectivity index (χ2v) is 4.87. The molecule has 1 heterocycles. The SMILES string of the molecule is C[C@H]1C[C@@H](CO)N(C(=O)OCc2ccccc2)C1. The molecule has 1 aromatic carbocycles. The third-order valence-corrected chi connectivity index (χ3v) is 3.27. The van der Waals surface area contributed by atoms with E-state index >= 15 is 0 Å². The van der Waals surface area contributed by atoms with Gasteiger partial charge < -0.3 is 14.7 Å². The Morgan fingerprint density at radius 3 is 2.83 bits per heavy atom. The number of nitrogens with zero attached hydrogens (tertiary/aromatic N) is 1. The molecule has 1 saturated heterocycles. The van der Waals surface area contributed by atoms with Crippen molar-refractivity contribution in [3.63, 3.8) is 0 Å². The van der Waals surface area contributed by atoms with Crippen LogP contribution in [0.2, 0.25) is 0 Å². The summed E-state index contributed by atoms with van der Waals surface area (Å²) in [6.45, 7) is 3.03. The van der Waals surface area contributed by atoms with E-state index < -0.39 is 0 Å². The lowest BCUT2D eigenvalue weighted by Gasteiger charge is -2.22. The number of carbonyl (C=O) groups is 1. The molecule has 0 aromatic heterocycles. The molecule has 4 heteroatoms. The molecule has 1 aliphatic rings. The average molecular weight is 249 g/mol. The molecule has 0 saturated carbocycles. The molecule has 0 unspecified atom stereocenters. The smallest absolute Gasteiger partial charge is 0.410 e. The second kappa shape index (κ2) is 5.87. The Kier molecular flexibility index (Phi) is 4.20. The van der Waals surface area contributed by atoms with Crippen molar-refractivity contribution in [2.75, 3.05) is 13.2 Å². The van der Waals surface area contributed by atoms with Gasteiger partial charge in [-0.05, 0) is 17.9 Å². The molecule has 2 atom stereocenters. The Hall–Kier alpha value is -1.55. The van der Waals surface area contributed by atoms with Gasteiger partial charge in [-0.25, -0.2) is 4.79 Å². The first-order valence-corrected chi connectivity index (χ1v) is 6.29. The van der Waals surface area contributed by atoms with Crippen molar-refractivity contribution in [1.29, 1.82) is 0 Å². The normalized spacial score (nSPS) is 23.1. The minimum atomic E-state index is -0.331. The number of likely N-dealkylation sites (tertiary alicyclic amines) is 1. The fourth-order valence-corrected chi connectivity index (χ4v) is 2.35. The van der Waals surface area contributed by atoms with Crippen LogP contribution in [0.5, 0.6) is 0 Å². The highest BCUT2D eigenvalue weighted by Gasteiger charge is 2.33. The van der Waals surface area contributed by atoms with Crippen LogP contribution in [0.4, 0.5) is 4.79 Å². The Morgan fingerprint density at radius 1 is 1.44 bits per heavy atom. The van der Waals surface area contributed by atoms with Gasteiger partial charge in [0.25, 0.3) is 0 Å². The number of carbonyl (C=O) groups excluding carboxylic acids is 1. The van der Waals surface area contributed by atoms with E-state index in [0.717, 1.165) is 12.0 Å². The fraction of sp³-hybridized carbons (Fsp3) is 0.500. The highest BCUT2D eigenvalue weighted by atomic mass is 16.6. The summed E-state index contributed by atoms with van der Waals surface area (Å²) >= 11 is 0. The molecule has 1 fully saturated rings. The number of aliphatic hydroxyl groups excluding tert-OH is 1. The number of amides is 1. The molecule has 18 heavy (non-hydrogen) atoms. The van der Waals surface area contributed by atoms with E-state index in [2.05, 4.69) is 6.92 Å². The molecule has 1 aliphatic heterocycles. The zero-order chi connectivity index (χ0) is 13.0. The average Bonchev–Trinajstić information content (AvgIpc) is 2.78. The van der Waals surface area contributed by atoms with Crippen molar-refractivity contribution in [2.45, 2.75) is 26.0 Å². The number of ether oxygens (including phenoxy) is 1. The lowest BCUT2D eigenvalue weighted by Crippen LogP contribution is -2.38. The van der Waals surface area contributed by atoms with Crippen molar-refractivity contribution >= 4 is 6.09 Å². The number of aliphatic hydroxyl groups is 1. The maximum absolute atomic E-state index is 11.9. The van der Waals surface area contributed by atoms with Crippen molar-refractivity contribution in [3.8, 4) is 0 Å². The third-order valence-electron chi connectivity index (χ3n) is 3.27. The monoisotopic (exact) mass is 249 g/mol. The van der Waals surface area contributed by atoms with Gasteiger partial charge >= 0.3 is 6.09 Å². The van der Waals surface area contributed by atoms with Crippen LogP contribution < -0.4 is 0 Å². The van der Waals surface area contributed by atoms with Crippen LogP contribution in [0.15, 0.2) is 30.3 Å². The summed E-state index contributed by atoms with van der Waals surface area (Å²) in [6.07, 6.45) is 0.513. The lowest BCUT2D eigenvalue weighted by atomic mass is 10.1. The third kappa shape index (κ3) is 3.01. The highest BCUT2D eigenvalue weighted by molar-refractivity contribution is 5.68. The minimum Gasteiger partial charge on any atom is -0.445 e. The van der Waals surface area contributed by atoms with Gasteiger partial charge in [-0.2, -0.15) is 0 Å². The summed E-state index contributed by atoms with van der Waals surface area (Å²) in [5.74, 6) is 0.423. The molecule has 0 bridgehead atoms.